The van der Waals surface area contributed by atoms with E-state index in [0.717, 1.165) is 35.0 Å². The van der Waals surface area contributed by atoms with Gasteiger partial charge in [-0.3, -0.25) is 9.79 Å². The van der Waals surface area contributed by atoms with E-state index in [1.54, 1.807) is 11.8 Å². The maximum absolute atomic E-state index is 15.9. The third-order valence-corrected chi connectivity index (χ3v) is 12.6. The molecule has 2 aromatic heterocycles. The smallest absolute Gasteiger partial charge is 0.415 e. The van der Waals surface area contributed by atoms with Gasteiger partial charge < -0.3 is 29.0 Å². The molecule has 1 aliphatic carbocycles. The number of carboxylic acid groups (broad SMARTS) is 1. The molecule has 1 saturated carbocycles. The number of thioether (sulfide) groups is 1. The van der Waals surface area contributed by atoms with Crippen molar-refractivity contribution in [3.63, 3.8) is 0 Å². The van der Waals surface area contributed by atoms with E-state index in [0.29, 0.717) is 39.5 Å². The molecule has 0 unspecified atom stereocenters. The number of halogens is 2. The molecule has 2 amide bonds. The number of pyridine rings is 1. The number of amides is 2. The second kappa shape index (κ2) is 14.6. The van der Waals surface area contributed by atoms with Gasteiger partial charge in [0.2, 0.25) is 17.7 Å². The van der Waals surface area contributed by atoms with Gasteiger partial charge in [-0.1, -0.05) is 37.3 Å². The van der Waals surface area contributed by atoms with Crippen LogP contribution in [0.5, 0.6) is 5.88 Å². The SMILES string of the molecule is C#CCOc1cnc(/C(F)=C/c2cnc(F)c([C@@]3(C)N=C(N(COCC[Si](C)(C)C)C(=O)O)S[C@@]4(C(=O)N5C6COCC5COC6)C[C@H]43)c2)cn1. The number of terminal acetylenes is 1. The average molecular weight is 743 g/mol. The fraction of sp³-hybridized carbons (Fsp3) is 0.529. The highest BCUT2D eigenvalue weighted by Crippen LogP contribution is 2.67. The molecule has 2 aromatic rings. The molecule has 3 fully saturated rings. The van der Waals surface area contributed by atoms with Crippen molar-refractivity contribution in [2.75, 3.05) is 46.4 Å². The molecule has 4 aliphatic rings. The largest absolute Gasteiger partial charge is 0.465 e. The lowest BCUT2D eigenvalue weighted by Gasteiger charge is -2.47. The minimum absolute atomic E-state index is 0.00344. The number of nitrogens with zero attached hydrogens (tertiary/aromatic N) is 6. The van der Waals surface area contributed by atoms with Crippen LogP contribution in [0.15, 0.2) is 29.6 Å². The second-order valence-electron chi connectivity index (χ2n) is 14.3. The minimum atomic E-state index is -1.47. The minimum Gasteiger partial charge on any atom is -0.465 e. The zero-order valence-electron chi connectivity index (χ0n) is 28.8. The normalized spacial score (nSPS) is 27.2. The molecule has 0 radical (unpaired) electrons. The Morgan fingerprint density at radius 3 is 2.49 bits per heavy atom. The van der Waals surface area contributed by atoms with Gasteiger partial charge in [0.25, 0.3) is 0 Å². The molecule has 3 aliphatic heterocycles. The lowest BCUT2D eigenvalue weighted by molar-refractivity contribution is -0.168. The lowest BCUT2D eigenvalue weighted by Crippen LogP contribution is -2.64. The average Bonchev–Trinajstić information content (AvgIpc) is 3.84. The molecule has 0 aromatic carbocycles. The van der Waals surface area contributed by atoms with E-state index >= 15 is 8.78 Å². The molecule has 2 saturated heterocycles. The monoisotopic (exact) mass is 742 g/mol. The van der Waals surface area contributed by atoms with Gasteiger partial charge in [-0.05, 0) is 37.1 Å². The first-order chi connectivity index (χ1) is 24.3. The predicted molar refractivity (Wildman–Crippen MR) is 188 cm³/mol. The number of fused-ring (bicyclic) bond motifs is 3. The van der Waals surface area contributed by atoms with Crippen molar-refractivity contribution in [1.82, 2.24) is 24.8 Å². The van der Waals surface area contributed by atoms with Gasteiger partial charge in [-0.15, -0.1) is 6.42 Å². The van der Waals surface area contributed by atoms with Gasteiger partial charge >= 0.3 is 6.09 Å². The number of carbonyl (C=O) groups excluding carboxylic acids is 1. The first kappa shape index (κ1) is 36.8. The Bertz CT molecular complexity index is 1750. The second-order valence-corrected chi connectivity index (χ2v) is 21.2. The summed E-state index contributed by atoms with van der Waals surface area (Å²) in [6, 6.07) is 1.60. The molecule has 1 N–H and O–H groups in total. The van der Waals surface area contributed by atoms with Crippen LogP contribution in [0.3, 0.4) is 0 Å². The van der Waals surface area contributed by atoms with E-state index < -0.39 is 42.1 Å². The van der Waals surface area contributed by atoms with E-state index in [9.17, 15) is 14.7 Å². The van der Waals surface area contributed by atoms with Gasteiger partial charge in [-0.2, -0.15) is 4.39 Å². The molecule has 5 heterocycles. The van der Waals surface area contributed by atoms with E-state index in [-0.39, 0.29) is 59.2 Å². The standard InChI is InChI=1S/C34H40F2N6O7SSi/c1-6-7-49-28-15-37-26(14-38-28)25(35)11-21-10-24(29(36)39-13-21)33(2)27-12-34(27,30(43)42-22-16-47-18-23(42)19-48-17-22)50-31(40-33)41(32(44)45)20-46-8-9-51(3,4)5/h1,10-11,13-15,22-23,27H,7-9,12,16-20H2,2-5H3,(H,44,45)/b25-11-/t22?,23?,27-,33+,34-/m0/s1. The Hall–Kier alpha value is -3.95. The molecule has 0 spiro atoms. The molecule has 6 rings (SSSR count). The summed E-state index contributed by atoms with van der Waals surface area (Å²) in [5, 5.41) is 10.4. The van der Waals surface area contributed by atoms with Gasteiger partial charge in [0.1, 0.15) is 17.2 Å². The van der Waals surface area contributed by atoms with Crippen LogP contribution in [-0.4, -0.2) is 118 Å². The summed E-state index contributed by atoms with van der Waals surface area (Å²) in [7, 11) is -1.47. The van der Waals surface area contributed by atoms with Crippen molar-refractivity contribution in [3.05, 3.63) is 47.4 Å². The molecular weight excluding hydrogens is 703 g/mol. The van der Waals surface area contributed by atoms with Crippen LogP contribution in [0.25, 0.3) is 11.9 Å². The number of rotatable bonds is 11. The third kappa shape index (κ3) is 7.65. The summed E-state index contributed by atoms with van der Waals surface area (Å²) in [4.78, 5) is 46.9. The Morgan fingerprint density at radius 1 is 1.18 bits per heavy atom. The Labute approximate surface area is 299 Å². The summed E-state index contributed by atoms with van der Waals surface area (Å²) in [6.07, 6.45) is 8.85. The number of hydrogen-bond donors (Lipinski definition) is 1. The van der Waals surface area contributed by atoms with Crippen LogP contribution in [0.2, 0.25) is 25.7 Å². The van der Waals surface area contributed by atoms with E-state index in [4.69, 9.17) is 30.4 Å². The zero-order valence-corrected chi connectivity index (χ0v) is 30.6. The summed E-state index contributed by atoms with van der Waals surface area (Å²) in [5.74, 6) is 0.0354. The van der Waals surface area contributed by atoms with Crippen molar-refractivity contribution >= 4 is 48.9 Å². The Kier molecular flexibility index (Phi) is 10.5. The number of ether oxygens (including phenoxy) is 4. The summed E-state index contributed by atoms with van der Waals surface area (Å²) in [5.41, 5.74) is -1.39. The van der Waals surface area contributed by atoms with Crippen molar-refractivity contribution < 1.29 is 42.4 Å². The number of amidine groups is 1. The van der Waals surface area contributed by atoms with E-state index in [1.807, 2.05) is 0 Å². The topological polar surface area (TPSA) is 149 Å². The number of hydrogen-bond acceptors (Lipinski definition) is 11. The maximum Gasteiger partial charge on any atom is 0.415 e. The van der Waals surface area contributed by atoms with Crippen LogP contribution >= 0.6 is 11.8 Å². The van der Waals surface area contributed by atoms with Gasteiger partial charge in [0, 0.05) is 32.4 Å². The molecule has 3 atom stereocenters. The van der Waals surface area contributed by atoms with E-state index in [2.05, 4.69) is 40.5 Å². The summed E-state index contributed by atoms with van der Waals surface area (Å²) in [6.45, 7) is 9.44. The summed E-state index contributed by atoms with van der Waals surface area (Å²) >= 11 is 1.07. The van der Waals surface area contributed by atoms with Crippen LogP contribution in [0.4, 0.5) is 13.6 Å². The third-order valence-electron chi connectivity index (χ3n) is 9.37. The van der Waals surface area contributed by atoms with Gasteiger partial charge in [-0.25, -0.2) is 29.0 Å². The highest BCUT2D eigenvalue weighted by molar-refractivity contribution is 8.16. The quantitative estimate of drug-likeness (QED) is 0.114. The van der Waals surface area contributed by atoms with Gasteiger partial charge in [0.05, 0.1) is 56.4 Å². The fourth-order valence-corrected chi connectivity index (χ4v) is 8.91. The molecule has 17 heteroatoms. The molecule has 51 heavy (non-hydrogen) atoms. The zero-order chi connectivity index (χ0) is 36.6. The first-order valence-electron chi connectivity index (χ1n) is 16.5. The molecule has 2 bridgehead atoms. The summed E-state index contributed by atoms with van der Waals surface area (Å²) < 4.78 is 52.6. The van der Waals surface area contributed by atoms with Crippen molar-refractivity contribution in [3.8, 4) is 18.2 Å². The van der Waals surface area contributed by atoms with Crippen LogP contribution in [-0.2, 0) is 24.5 Å². The molecule has 13 nitrogen and oxygen atoms in total. The van der Waals surface area contributed by atoms with Gasteiger partial charge in [0.15, 0.2) is 17.6 Å². The Morgan fingerprint density at radius 2 is 1.88 bits per heavy atom. The van der Waals surface area contributed by atoms with Crippen LogP contribution in [0.1, 0.15) is 30.2 Å². The highest BCUT2D eigenvalue weighted by atomic mass is 32.2. The molecular formula is C34H40F2N6O7SSi. The lowest BCUT2D eigenvalue weighted by atomic mass is 9.85. The maximum atomic E-state index is 15.9. The van der Waals surface area contributed by atoms with Crippen LogP contribution < -0.4 is 4.74 Å². The van der Waals surface area contributed by atoms with Crippen molar-refractivity contribution in [2.45, 2.75) is 61.4 Å². The number of carbonyl (C=O) groups is 2. The van der Waals surface area contributed by atoms with Crippen LogP contribution in [0, 0.1) is 24.2 Å². The van der Waals surface area contributed by atoms with E-state index in [1.165, 1.54) is 18.5 Å². The predicted octanol–water partition coefficient (Wildman–Crippen LogP) is 4.49. The highest BCUT2D eigenvalue weighted by Gasteiger charge is 2.73. The fourth-order valence-electron chi connectivity index (χ4n) is 6.54. The first-order valence-corrected chi connectivity index (χ1v) is 21.1. The number of aliphatic imine (C=N–C) groups is 1. The van der Waals surface area contributed by atoms with Crippen molar-refractivity contribution in [1.29, 1.82) is 0 Å². The molecule has 272 valence electrons. The van der Waals surface area contributed by atoms with Crippen molar-refractivity contribution in [2.24, 2.45) is 10.9 Å². The Balaban J connectivity index is 1.36. The number of morpholine rings is 2. The number of aromatic nitrogens is 3.